The van der Waals surface area contributed by atoms with Crippen LogP contribution in [0.3, 0.4) is 0 Å². The van der Waals surface area contributed by atoms with Gasteiger partial charge in [0.25, 0.3) is 5.91 Å². The van der Waals surface area contributed by atoms with Crippen LogP contribution in [0.1, 0.15) is 20.8 Å². The summed E-state index contributed by atoms with van der Waals surface area (Å²) >= 11 is 1.41. The topological polar surface area (TPSA) is 62.5 Å². The van der Waals surface area contributed by atoms with Gasteiger partial charge in [-0.2, -0.15) is 0 Å². The number of aromatic nitrogens is 1. The summed E-state index contributed by atoms with van der Waals surface area (Å²) in [6.45, 7) is 6.04. The number of carbonyl (C=O) groups is 1. The summed E-state index contributed by atoms with van der Waals surface area (Å²) in [6, 6.07) is 31.2. The van der Waals surface area contributed by atoms with Crippen molar-refractivity contribution in [3.63, 3.8) is 0 Å². The van der Waals surface area contributed by atoms with Crippen LogP contribution in [-0.4, -0.2) is 46.9 Å². The number of carbonyl (C=O) groups excluding carboxylic acids is 1. The van der Waals surface area contributed by atoms with Crippen LogP contribution in [0.2, 0.25) is 0 Å². The van der Waals surface area contributed by atoms with Crippen LogP contribution in [0.25, 0.3) is 32.6 Å². The third kappa shape index (κ3) is 4.80. The molecule has 1 aliphatic rings. The van der Waals surface area contributed by atoms with Crippen LogP contribution >= 0.6 is 11.3 Å². The number of nitrogens with two attached hydrogens (primary N) is 1. The monoisotopic (exact) mass is 518 g/mol. The Balaban J connectivity index is 1.33. The second-order valence-electron chi connectivity index (χ2n) is 9.87. The SMILES string of the molecule is Cc1ccc(-c2cc(-c3ccccc3)nc3sc(C(=O)N4CCN(Cc5ccccc5)CC4)c(N)c23)cc1. The van der Waals surface area contributed by atoms with E-state index in [9.17, 15) is 4.79 Å². The van der Waals surface area contributed by atoms with Gasteiger partial charge >= 0.3 is 0 Å². The van der Waals surface area contributed by atoms with Gasteiger partial charge in [-0.25, -0.2) is 4.98 Å². The normalized spacial score (nSPS) is 14.2. The number of benzene rings is 3. The van der Waals surface area contributed by atoms with E-state index < -0.39 is 0 Å². The Bertz CT molecular complexity index is 1570. The highest BCUT2D eigenvalue weighted by Crippen LogP contribution is 2.42. The first kappa shape index (κ1) is 24.3. The first-order valence-electron chi connectivity index (χ1n) is 13.0. The number of nitrogens with zero attached hydrogens (tertiary/aromatic N) is 3. The van der Waals surface area contributed by atoms with E-state index >= 15 is 0 Å². The maximum absolute atomic E-state index is 13.7. The molecule has 0 bridgehead atoms. The number of hydrogen-bond acceptors (Lipinski definition) is 5. The van der Waals surface area contributed by atoms with E-state index in [0.717, 1.165) is 52.2 Å². The highest BCUT2D eigenvalue weighted by molar-refractivity contribution is 7.21. The van der Waals surface area contributed by atoms with Gasteiger partial charge in [0, 0.05) is 43.7 Å². The molecule has 3 aromatic carbocycles. The quantitative estimate of drug-likeness (QED) is 0.289. The highest BCUT2D eigenvalue weighted by Gasteiger charge is 2.27. The number of aryl methyl sites for hydroxylation is 1. The molecule has 0 aliphatic carbocycles. The third-order valence-corrected chi connectivity index (χ3v) is 8.32. The number of anilines is 1. The number of amides is 1. The molecule has 1 fully saturated rings. The fraction of sp³-hybridized carbons (Fsp3) is 0.188. The Hall–Kier alpha value is -4.00. The standard InChI is InChI=1S/C32H30N4OS/c1-22-12-14-24(15-13-22)26-20-27(25-10-6-3-7-11-25)34-31-28(26)29(33)30(38-31)32(37)36-18-16-35(17-19-36)21-23-8-4-2-5-9-23/h2-15,20H,16-19,21,33H2,1H3. The molecule has 0 spiro atoms. The predicted octanol–water partition coefficient (Wildman–Crippen LogP) is 6.48. The van der Waals surface area contributed by atoms with Crippen molar-refractivity contribution in [1.29, 1.82) is 0 Å². The van der Waals surface area contributed by atoms with Crippen LogP contribution < -0.4 is 5.73 Å². The molecule has 0 radical (unpaired) electrons. The maximum atomic E-state index is 13.7. The zero-order valence-electron chi connectivity index (χ0n) is 21.4. The molecule has 0 atom stereocenters. The second-order valence-corrected chi connectivity index (χ2v) is 10.9. The summed E-state index contributed by atoms with van der Waals surface area (Å²) in [5.41, 5.74) is 13.8. The Kier molecular flexibility index (Phi) is 6.66. The fourth-order valence-corrected chi connectivity index (χ4v) is 6.18. The minimum Gasteiger partial charge on any atom is -0.397 e. The lowest BCUT2D eigenvalue weighted by molar-refractivity contribution is 0.0634. The van der Waals surface area contributed by atoms with Crippen molar-refractivity contribution in [2.45, 2.75) is 13.5 Å². The summed E-state index contributed by atoms with van der Waals surface area (Å²) in [6.07, 6.45) is 0. The summed E-state index contributed by atoms with van der Waals surface area (Å²) in [5.74, 6) is 0.000906. The van der Waals surface area contributed by atoms with Crippen LogP contribution in [0, 0.1) is 6.92 Å². The number of piperazine rings is 1. The smallest absolute Gasteiger partial charge is 0.266 e. The van der Waals surface area contributed by atoms with Gasteiger partial charge < -0.3 is 10.6 Å². The molecule has 1 amide bonds. The number of nitrogen functional groups attached to an aromatic ring is 1. The van der Waals surface area contributed by atoms with Crippen LogP contribution in [0.5, 0.6) is 0 Å². The highest BCUT2D eigenvalue weighted by atomic mass is 32.1. The van der Waals surface area contributed by atoms with Gasteiger partial charge in [-0.1, -0.05) is 90.5 Å². The molecule has 1 saturated heterocycles. The Morgan fingerprint density at radius 3 is 2.21 bits per heavy atom. The molecule has 0 unspecified atom stereocenters. The minimum atomic E-state index is 0.000906. The van der Waals surface area contributed by atoms with Crippen molar-refractivity contribution in [1.82, 2.24) is 14.8 Å². The molecule has 2 N–H and O–H groups in total. The van der Waals surface area contributed by atoms with E-state index in [1.807, 2.05) is 29.2 Å². The zero-order chi connectivity index (χ0) is 26.1. The van der Waals surface area contributed by atoms with E-state index in [0.29, 0.717) is 23.7 Å². The van der Waals surface area contributed by atoms with E-state index in [2.05, 4.69) is 78.6 Å². The summed E-state index contributed by atoms with van der Waals surface area (Å²) < 4.78 is 0. The molecule has 6 heteroatoms. The second kappa shape index (κ2) is 10.4. The molecular formula is C32H30N4OS. The molecule has 1 aliphatic heterocycles. The Morgan fingerprint density at radius 1 is 0.868 bits per heavy atom. The van der Waals surface area contributed by atoms with Gasteiger partial charge in [-0.15, -0.1) is 11.3 Å². The zero-order valence-corrected chi connectivity index (χ0v) is 22.2. The number of fused-ring (bicyclic) bond motifs is 1. The van der Waals surface area contributed by atoms with Gasteiger partial charge in [-0.3, -0.25) is 9.69 Å². The fourth-order valence-electron chi connectivity index (χ4n) is 5.09. The van der Waals surface area contributed by atoms with Crippen molar-refractivity contribution in [3.05, 3.63) is 107 Å². The molecule has 190 valence electrons. The summed E-state index contributed by atoms with van der Waals surface area (Å²) in [7, 11) is 0. The molecule has 38 heavy (non-hydrogen) atoms. The molecule has 5 aromatic rings. The molecule has 3 heterocycles. The number of thiophene rings is 1. The maximum Gasteiger partial charge on any atom is 0.266 e. The summed E-state index contributed by atoms with van der Waals surface area (Å²) in [4.78, 5) is 24.4. The van der Waals surface area contributed by atoms with Gasteiger partial charge in [0.1, 0.15) is 9.71 Å². The van der Waals surface area contributed by atoms with E-state index in [1.165, 1.54) is 22.5 Å². The van der Waals surface area contributed by atoms with Gasteiger partial charge in [0.2, 0.25) is 0 Å². The largest absolute Gasteiger partial charge is 0.397 e. The number of rotatable bonds is 5. The lowest BCUT2D eigenvalue weighted by atomic mass is 9.98. The van der Waals surface area contributed by atoms with E-state index in [-0.39, 0.29) is 5.91 Å². The van der Waals surface area contributed by atoms with Gasteiger partial charge in [-0.05, 0) is 29.7 Å². The minimum absolute atomic E-state index is 0.000906. The van der Waals surface area contributed by atoms with Crippen LogP contribution in [0.15, 0.2) is 91.0 Å². The average Bonchev–Trinajstić information content (AvgIpc) is 3.30. The predicted molar refractivity (Wildman–Crippen MR) is 157 cm³/mol. The van der Waals surface area contributed by atoms with Gasteiger partial charge in [0.15, 0.2) is 0 Å². The molecule has 2 aromatic heterocycles. The molecule has 6 rings (SSSR count). The van der Waals surface area contributed by atoms with Crippen molar-refractivity contribution >= 4 is 33.1 Å². The van der Waals surface area contributed by atoms with Crippen molar-refractivity contribution in [2.75, 3.05) is 31.9 Å². The van der Waals surface area contributed by atoms with Crippen molar-refractivity contribution in [2.24, 2.45) is 0 Å². The van der Waals surface area contributed by atoms with E-state index in [1.54, 1.807) is 0 Å². The van der Waals surface area contributed by atoms with Crippen molar-refractivity contribution in [3.8, 4) is 22.4 Å². The number of pyridine rings is 1. The Labute approximate surface area is 227 Å². The molecule has 5 nitrogen and oxygen atoms in total. The van der Waals surface area contributed by atoms with Crippen LogP contribution in [-0.2, 0) is 6.54 Å². The molecular weight excluding hydrogens is 488 g/mol. The summed E-state index contributed by atoms with van der Waals surface area (Å²) in [5, 5.41) is 0.865. The van der Waals surface area contributed by atoms with Crippen LogP contribution in [0.4, 0.5) is 5.69 Å². The van der Waals surface area contributed by atoms with Gasteiger partial charge in [0.05, 0.1) is 11.4 Å². The Morgan fingerprint density at radius 2 is 1.53 bits per heavy atom. The third-order valence-electron chi connectivity index (χ3n) is 7.23. The lowest BCUT2D eigenvalue weighted by Crippen LogP contribution is -2.48. The lowest BCUT2D eigenvalue weighted by Gasteiger charge is -2.34. The number of hydrogen-bond donors (Lipinski definition) is 1. The van der Waals surface area contributed by atoms with Crippen molar-refractivity contribution < 1.29 is 4.79 Å². The average molecular weight is 519 g/mol. The van der Waals surface area contributed by atoms with E-state index in [4.69, 9.17) is 10.7 Å². The first-order chi connectivity index (χ1) is 18.6. The molecule has 0 saturated carbocycles. The first-order valence-corrected chi connectivity index (χ1v) is 13.8.